The summed E-state index contributed by atoms with van der Waals surface area (Å²) in [4.78, 5) is 13.0. The summed E-state index contributed by atoms with van der Waals surface area (Å²) in [6.45, 7) is 7.90. The molecule has 41 heavy (non-hydrogen) atoms. The average Bonchev–Trinajstić information content (AvgIpc) is 3.06. The number of rotatable bonds is 4. The third kappa shape index (κ3) is 5.38. The summed E-state index contributed by atoms with van der Waals surface area (Å²) in [6.07, 6.45) is 1.70. The Morgan fingerprint density at radius 1 is 0.756 bits per heavy atom. The van der Waals surface area contributed by atoms with E-state index in [4.69, 9.17) is 4.74 Å². The molecule has 1 heterocycles. The van der Waals surface area contributed by atoms with Crippen molar-refractivity contribution < 1.29 is 9.53 Å². The molecule has 208 valence electrons. The number of amides is 1. The van der Waals surface area contributed by atoms with E-state index >= 15 is 0 Å². The maximum absolute atomic E-state index is 13.0. The van der Waals surface area contributed by atoms with E-state index in [2.05, 4.69) is 123 Å². The quantitative estimate of drug-likeness (QED) is 0.177. The average molecular weight is 559 g/mol. The molecule has 0 saturated carbocycles. The molecule has 0 fully saturated rings. The molecular formula is C36H39BNO2P. The van der Waals surface area contributed by atoms with Crippen LogP contribution in [0.4, 0.5) is 4.79 Å². The van der Waals surface area contributed by atoms with Crippen LogP contribution in [-0.4, -0.2) is 25.3 Å². The summed E-state index contributed by atoms with van der Waals surface area (Å²) < 4.78 is 5.71. The number of benzene rings is 5. The van der Waals surface area contributed by atoms with Crippen molar-refractivity contribution >= 4 is 42.3 Å². The topological polar surface area (TPSA) is 38.3 Å². The van der Waals surface area contributed by atoms with Crippen molar-refractivity contribution in [2.45, 2.75) is 57.3 Å². The van der Waals surface area contributed by atoms with Crippen LogP contribution in [0.15, 0.2) is 103 Å². The van der Waals surface area contributed by atoms with E-state index < -0.39 is 12.7 Å². The normalized spacial score (nSPS) is 16.6. The van der Waals surface area contributed by atoms with Crippen LogP contribution in [0.25, 0.3) is 32.7 Å². The van der Waals surface area contributed by atoms with Gasteiger partial charge >= 0.3 is 245 Å². The van der Waals surface area contributed by atoms with Crippen LogP contribution >= 0.6 is 7.14 Å². The molecule has 0 aromatic heterocycles. The summed E-state index contributed by atoms with van der Waals surface area (Å²) in [7, 11) is 0.350. The van der Waals surface area contributed by atoms with Crippen molar-refractivity contribution in [3.8, 4) is 11.1 Å². The maximum atomic E-state index is 13.0. The first-order valence-corrected chi connectivity index (χ1v) is 17.7. The van der Waals surface area contributed by atoms with Crippen LogP contribution in [-0.2, 0) is 17.1 Å². The van der Waals surface area contributed by atoms with Crippen molar-refractivity contribution in [3.05, 3.63) is 120 Å². The van der Waals surface area contributed by atoms with Crippen LogP contribution in [0.1, 0.15) is 50.0 Å². The Hall–Kier alpha value is -3.62. The van der Waals surface area contributed by atoms with Gasteiger partial charge in [0.25, 0.3) is 0 Å². The predicted octanol–water partition coefficient (Wildman–Crippen LogP) is 8.63. The Kier molecular flexibility index (Phi) is 7.16. The zero-order valence-corrected chi connectivity index (χ0v) is 25.7. The summed E-state index contributed by atoms with van der Waals surface area (Å²) in [5.74, 6) is 0. The van der Waals surface area contributed by atoms with Crippen molar-refractivity contribution in [2.24, 2.45) is 0 Å². The predicted molar refractivity (Wildman–Crippen MR) is 179 cm³/mol. The van der Waals surface area contributed by atoms with E-state index in [1.807, 2.05) is 20.8 Å². The van der Waals surface area contributed by atoms with Crippen molar-refractivity contribution in [2.75, 3.05) is 0 Å². The summed E-state index contributed by atoms with van der Waals surface area (Å²) in [6, 6.07) is 37.6. The summed E-state index contributed by atoms with van der Waals surface area (Å²) in [5, 5.41) is 8.44. The van der Waals surface area contributed by atoms with Crippen molar-refractivity contribution in [1.82, 2.24) is 5.32 Å². The molecular weight excluding hydrogens is 520 g/mol. The van der Waals surface area contributed by atoms with Gasteiger partial charge < -0.3 is 0 Å². The molecule has 1 amide bonds. The van der Waals surface area contributed by atoms with Gasteiger partial charge in [0.05, 0.1) is 0 Å². The first kappa shape index (κ1) is 27.5. The van der Waals surface area contributed by atoms with Gasteiger partial charge in [-0.1, -0.05) is 0 Å². The number of fused-ring (bicyclic) bond motifs is 7. The molecule has 2 atom stereocenters. The zero-order valence-electron chi connectivity index (χ0n) is 24.7. The van der Waals surface area contributed by atoms with Crippen LogP contribution < -0.4 is 5.32 Å². The first-order chi connectivity index (χ1) is 19.6. The molecule has 0 unspecified atom stereocenters. The molecule has 5 aromatic carbocycles. The number of nitrogens with one attached hydrogen (secondary N) is 1. The van der Waals surface area contributed by atoms with Crippen molar-refractivity contribution in [3.63, 3.8) is 0 Å². The van der Waals surface area contributed by atoms with Crippen LogP contribution in [0.2, 0.25) is 0 Å². The van der Waals surface area contributed by atoms with E-state index in [-0.39, 0.29) is 17.8 Å². The second kappa shape index (κ2) is 10.7. The van der Waals surface area contributed by atoms with Crippen LogP contribution in [0.3, 0.4) is 0 Å². The molecule has 0 saturated heterocycles. The Morgan fingerprint density at radius 3 is 1.76 bits per heavy atom. The molecule has 0 spiro atoms. The molecule has 3 nitrogen and oxygen atoms in total. The van der Waals surface area contributed by atoms with Gasteiger partial charge in [-0.05, 0) is 0 Å². The molecule has 5 heteroatoms. The van der Waals surface area contributed by atoms with E-state index in [1.165, 1.54) is 49.4 Å². The molecule has 0 bridgehead atoms. The van der Waals surface area contributed by atoms with Gasteiger partial charge in [-0.25, -0.2) is 0 Å². The summed E-state index contributed by atoms with van der Waals surface area (Å²) >= 11 is 0. The summed E-state index contributed by atoms with van der Waals surface area (Å²) in [5.41, 5.74) is 6.52. The van der Waals surface area contributed by atoms with Gasteiger partial charge in [-0.15, -0.1) is 0 Å². The Bertz CT molecular complexity index is 1660. The standard InChI is InChI=1S/C36H39BNO2P/c1-24(38-35(39)40-36(2,3)4)34(27-14-6-5-7-15-27)41(37)22-28-20-18-25-12-8-10-16-30(25)32(28)33-29(23-41)21-19-26-13-9-11-17-31(26)33/h5-21,24,34,41H,22-23,37H2,1-4H3,(H,38,39)/t24-,34+/m0/s1. The first-order valence-electron chi connectivity index (χ1n) is 14.7. The van der Waals surface area contributed by atoms with Crippen LogP contribution in [0.5, 0.6) is 0 Å². The van der Waals surface area contributed by atoms with Gasteiger partial charge in [-0.3, -0.25) is 0 Å². The number of alkyl carbamates (subject to hydrolysis) is 1. The third-order valence-electron chi connectivity index (χ3n) is 8.62. The second-order valence-corrected chi connectivity index (χ2v) is 17.6. The van der Waals surface area contributed by atoms with E-state index in [0.717, 1.165) is 12.3 Å². The number of hydrogen-bond acceptors (Lipinski definition) is 2. The number of carbonyl (C=O) groups is 1. The molecule has 6 rings (SSSR count). The fraction of sp³-hybridized carbons (Fsp3) is 0.250. The molecule has 5 aromatic rings. The Morgan fingerprint density at radius 2 is 1.24 bits per heavy atom. The SMILES string of the molecule is B[PH]1([C@@H](c2ccccc2)[C@H](C)NC(=O)OC(C)(C)C)Cc2ccc3ccccc3c2-c2c(ccc3ccccc23)C1. The van der Waals surface area contributed by atoms with Gasteiger partial charge in [0, 0.05) is 0 Å². The van der Waals surface area contributed by atoms with Gasteiger partial charge in [0.1, 0.15) is 0 Å². The molecule has 1 aliphatic rings. The monoisotopic (exact) mass is 559 g/mol. The number of ether oxygens (including phenoxy) is 1. The molecule has 0 aliphatic carbocycles. The van der Waals surface area contributed by atoms with Crippen LogP contribution in [0, 0.1) is 0 Å². The van der Waals surface area contributed by atoms with Gasteiger partial charge in [0.15, 0.2) is 0 Å². The number of hydrogen-bond donors (Lipinski definition) is 1. The van der Waals surface area contributed by atoms with Gasteiger partial charge in [0.2, 0.25) is 0 Å². The van der Waals surface area contributed by atoms with Gasteiger partial charge in [-0.2, -0.15) is 0 Å². The Balaban J connectivity index is 1.56. The van der Waals surface area contributed by atoms with E-state index in [1.54, 1.807) is 0 Å². The molecule has 1 N–H and O–H groups in total. The fourth-order valence-corrected chi connectivity index (χ4v) is 12.4. The molecule has 1 aliphatic heterocycles. The minimum absolute atomic E-state index is 0.0881. The number of carbonyl (C=O) groups excluding carboxylic acids is 1. The van der Waals surface area contributed by atoms with E-state index in [9.17, 15) is 4.79 Å². The zero-order chi connectivity index (χ0) is 28.8. The molecule has 0 radical (unpaired) electrons. The minimum atomic E-state index is -2.19. The third-order valence-corrected chi connectivity index (χ3v) is 13.3. The van der Waals surface area contributed by atoms with Crippen molar-refractivity contribution in [1.29, 1.82) is 0 Å². The Labute approximate surface area is 245 Å². The fourth-order valence-electron chi connectivity index (χ4n) is 7.20. The second-order valence-electron chi connectivity index (χ2n) is 13.0. The van der Waals surface area contributed by atoms with E-state index in [0.29, 0.717) is 0 Å².